The molecule has 0 bridgehead atoms. The number of thiol groups is 4. The lowest BCUT2D eigenvalue weighted by molar-refractivity contribution is 0.0642. The summed E-state index contributed by atoms with van der Waals surface area (Å²) in [5.41, 5.74) is -2.50. The molecule has 0 aliphatic rings. The maximum Gasteiger partial charge on any atom is 0.336 e. The third-order valence-electron chi connectivity index (χ3n) is 4.31. The topological polar surface area (TPSA) is 132 Å². The van der Waals surface area contributed by atoms with Crippen molar-refractivity contribution in [3.63, 3.8) is 0 Å². The highest BCUT2D eigenvalue weighted by Crippen LogP contribution is 2.32. The van der Waals surface area contributed by atoms with Crippen molar-refractivity contribution in [1.29, 1.82) is 0 Å². The Labute approximate surface area is 195 Å². The molecule has 0 saturated heterocycles. The smallest absolute Gasteiger partial charge is 0.336 e. The number of hydrogen-bond donors (Lipinski definition) is 7. The molecule has 0 aliphatic carbocycles. The van der Waals surface area contributed by atoms with Crippen molar-refractivity contribution in [3.8, 4) is 0 Å². The number of carboxylic acid groups (broad SMARTS) is 3. The lowest BCUT2D eigenvalue weighted by atomic mass is 9.83. The van der Waals surface area contributed by atoms with Gasteiger partial charge in [0, 0.05) is 24.6 Å². The molecule has 1 aromatic rings. The number of rotatable bonds is 12. The lowest BCUT2D eigenvalue weighted by Crippen LogP contribution is -2.37. The zero-order valence-electron chi connectivity index (χ0n) is 15.9. The first kappa shape index (κ1) is 26.5. The van der Waals surface area contributed by atoms with Crippen molar-refractivity contribution in [3.05, 3.63) is 33.4 Å². The molecule has 0 heterocycles. The maximum atomic E-state index is 13.4. The highest BCUT2D eigenvalue weighted by Gasteiger charge is 2.36. The summed E-state index contributed by atoms with van der Waals surface area (Å²) in [5.74, 6) is -4.70. The second-order valence-corrected chi connectivity index (χ2v) is 7.85. The predicted octanol–water partition coefficient (Wildman–Crippen LogP) is 2.03. The Balaban J connectivity index is 4.19. The number of aromatic carboxylic acids is 3. The molecular weight excluding hydrogens is 470 g/mol. The highest BCUT2D eigenvalue weighted by atomic mass is 32.1. The van der Waals surface area contributed by atoms with E-state index in [1.807, 2.05) is 0 Å². The SMILES string of the molecule is O=C(O)c1c(CCS)c(C(=O)O)c(C(=O)N(CCS)CCS)c(CCS)c1C(=O)O. The van der Waals surface area contributed by atoms with Gasteiger partial charge in [-0.2, -0.15) is 50.5 Å². The molecule has 1 rings (SSSR count). The van der Waals surface area contributed by atoms with Crippen LogP contribution in [-0.4, -0.2) is 80.1 Å². The number of benzene rings is 1. The van der Waals surface area contributed by atoms with Crippen LogP contribution in [0.3, 0.4) is 0 Å². The Morgan fingerprint density at radius 3 is 1.23 bits per heavy atom. The van der Waals surface area contributed by atoms with Crippen molar-refractivity contribution in [1.82, 2.24) is 4.90 Å². The van der Waals surface area contributed by atoms with Crippen molar-refractivity contribution in [2.45, 2.75) is 12.8 Å². The summed E-state index contributed by atoms with van der Waals surface area (Å²) in [6.07, 6.45) is -0.254. The second kappa shape index (κ2) is 12.4. The fourth-order valence-electron chi connectivity index (χ4n) is 3.24. The number of nitrogens with zero attached hydrogens (tertiary/aromatic N) is 1. The number of carbonyl (C=O) groups is 4. The molecule has 0 radical (unpaired) electrons. The van der Waals surface area contributed by atoms with Gasteiger partial charge >= 0.3 is 17.9 Å². The first-order chi connectivity index (χ1) is 14.2. The van der Waals surface area contributed by atoms with Gasteiger partial charge in [-0.05, 0) is 35.5 Å². The van der Waals surface area contributed by atoms with Crippen molar-refractivity contribution < 1.29 is 34.5 Å². The third-order valence-corrected chi connectivity index (χ3v) is 5.16. The summed E-state index contributed by atoms with van der Waals surface area (Å²) in [4.78, 5) is 50.9. The molecule has 0 aliphatic heterocycles. The largest absolute Gasteiger partial charge is 0.478 e. The van der Waals surface area contributed by atoms with Gasteiger partial charge in [0.1, 0.15) is 0 Å². The van der Waals surface area contributed by atoms with Crippen LogP contribution in [0, 0.1) is 0 Å². The fourth-order valence-corrected chi connectivity index (χ4v) is 4.17. The van der Waals surface area contributed by atoms with Crippen LogP contribution in [0.1, 0.15) is 52.6 Å². The van der Waals surface area contributed by atoms with E-state index in [2.05, 4.69) is 50.5 Å². The minimum Gasteiger partial charge on any atom is -0.478 e. The molecule has 12 heteroatoms. The quantitative estimate of drug-likeness (QED) is 0.222. The Kier molecular flexibility index (Phi) is 10.9. The van der Waals surface area contributed by atoms with E-state index in [4.69, 9.17) is 0 Å². The van der Waals surface area contributed by atoms with Crippen LogP contribution in [0.4, 0.5) is 0 Å². The molecule has 1 aromatic carbocycles. The minimum absolute atomic E-state index is 0.0517. The zero-order valence-corrected chi connectivity index (χ0v) is 19.4. The van der Waals surface area contributed by atoms with Gasteiger partial charge in [0.05, 0.1) is 22.3 Å². The first-order valence-corrected chi connectivity index (χ1v) is 11.3. The highest BCUT2D eigenvalue weighted by molar-refractivity contribution is 7.80. The first-order valence-electron chi connectivity index (χ1n) is 8.82. The Bertz CT molecular complexity index is 839. The van der Waals surface area contributed by atoms with E-state index in [1.165, 1.54) is 4.90 Å². The maximum absolute atomic E-state index is 13.4. The van der Waals surface area contributed by atoms with Gasteiger partial charge in [0.25, 0.3) is 5.91 Å². The summed E-state index contributed by atoms with van der Waals surface area (Å²) in [6, 6.07) is 0. The summed E-state index contributed by atoms with van der Waals surface area (Å²) < 4.78 is 0. The number of hydrogen-bond acceptors (Lipinski definition) is 8. The molecule has 0 spiro atoms. The van der Waals surface area contributed by atoms with Gasteiger partial charge in [-0.15, -0.1) is 0 Å². The van der Waals surface area contributed by atoms with Crippen molar-refractivity contribution >= 4 is 74.3 Å². The van der Waals surface area contributed by atoms with Crippen LogP contribution in [0.2, 0.25) is 0 Å². The molecule has 30 heavy (non-hydrogen) atoms. The van der Waals surface area contributed by atoms with Crippen LogP contribution < -0.4 is 0 Å². The molecule has 166 valence electrons. The Morgan fingerprint density at radius 2 is 0.933 bits per heavy atom. The molecule has 3 N–H and O–H groups in total. The number of amides is 1. The summed E-state index contributed by atoms with van der Waals surface area (Å²) in [6.45, 7) is 0.347. The third kappa shape index (κ3) is 5.80. The van der Waals surface area contributed by atoms with Crippen LogP contribution >= 0.6 is 50.5 Å². The molecule has 0 unspecified atom stereocenters. The zero-order chi connectivity index (χ0) is 23.0. The predicted molar refractivity (Wildman–Crippen MR) is 126 cm³/mol. The van der Waals surface area contributed by atoms with Crippen molar-refractivity contribution in [2.75, 3.05) is 36.1 Å². The van der Waals surface area contributed by atoms with E-state index in [-0.39, 0.29) is 65.6 Å². The molecule has 0 saturated carbocycles. The van der Waals surface area contributed by atoms with Crippen LogP contribution in [0.5, 0.6) is 0 Å². The summed E-state index contributed by atoms with van der Waals surface area (Å²) >= 11 is 16.4. The Morgan fingerprint density at radius 1 is 0.600 bits per heavy atom. The second-order valence-electron chi connectivity index (χ2n) is 6.06. The van der Waals surface area contributed by atoms with E-state index >= 15 is 0 Å². The molecule has 0 atom stereocenters. The number of carboxylic acids is 3. The van der Waals surface area contributed by atoms with E-state index < -0.39 is 40.5 Å². The van der Waals surface area contributed by atoms with Gasteiger partial charge in [-0.25, -0.2) is 14.4 Å². The normalized spacial score (nSPS) is 10.7. The molecule has 1 amide bonds. The van der Waals surface area contributed by atoms with Gasteiger partial charge < -0.3 is 20.2 Å². The average Bonchev–Trinajstić information content (AvgIpc) is 2.66. The summed E-state index contributed by atoms with van der Waals surface area (Å²) in [5, 5.41) is 29.4. The molecule has 0 aromatic heterocycles. The minimum atomic E-state index is -1.59. The average molecular weight is 494 g/mol. The van der Waals surface area contributed by atoms with E-state index in [0.717, 1.165) is 0 Å². The van der Waals surface area contributed by atoms with E-state index in [9.17, 15) is 34.5 Å². The molecule has 8 nitrogen and oxygen atoms in total. The molecular formula is C18H23NO7S4. The van der Waals surface area contributed by atoms with Crippen LogP contribution in [0.25, 0.3) is 0 Å². The standard InChI is InChI=1S/C18H23NO7S4/c20-15(19(3-7-29)4-8-30)11-9(1-5-27)13(17(23)24)14(18(25)26)10(2-6-28)12(11)16(21)22/h27-30H,1-8H2,(H,21,22)(H,23,24)(H,25,26). The van der Waals surface area contributed by atoms with Gasteiger partial charge in [-0.1, -0.05) is 0 Å². The lowest BCUT2D eigenvalue weighted by Gasteiger charge is -2.26. The monoisotopic (exact) mass is 493 g/mol. The van der Waals surface area contributed by atoms with E-state index in [1.54, 1.807) is 0 Å². The van der Waals surface area contributed by atoms with Crippen LogP contribution in [0.15, 0.2) is 0 Å². The van der Waals surface area contributed by atoms with Gasteiger partial charge in [0.2, 0.25) is 0 Å². The van der Waals surface area contributed by atoms with Crippen molar-refractivity contribution in [2.24, 2.45) is 0 Å². The Hall–Kier alpha value is -1.50. The molecule has 0 fully saturated rings. The van der Waals surface area contributed by atoms with Gasteiger partial charge in [-0.3, -0.25) is 4.79 Å². The number of carbonyl (C=O) groups excluding carboxylic acids is 1. The fraction of sp³-hybridized carbons (Fsp3) is 0.444. The van der Waals surface area contributed by atoms with Crippen LogP contribution in [-0.2, 0) is 12.8 Å². The van der Waals surface area contributed by atoms with E-state index in [0.29, 0.717) is 0 Å². The summed E-state index contributed by atoms with van der Waals surface area (Å²) in [7, 11) is 0. The van der Waals surface area contributed by atoms with Gasteiger partial charge in [0.15, 0.2) is 0 Å².